The van der Waals surface area contributed by atoms with E-state index in [4.69, 9.17) is 0 Å². The van der Waals surface area contributed by atoms with Crippen LogP contribution in [0, 0.1) is 5.41 Å². The molecular weight excluding hydrogens is 309 g/mol. The van der Waals surface area contributed by atoms with Crippen LogP contribution in [0.25, 0.3) is 0 Å². The first kappa shape index (κ1) is 19.0. The summed E-state index contributed by atoms with van der Waals surface area (Å²) in [5.74, 6) is -0.888. The summed E-state index contributed by atoms with van der Waals surface area (Å²) in [6.07, 6.45) is -4.43. The fourth-order valence-corrected chi connectivity index (χ4v) is 2.03. The van der Waals surface area contributed by atoms with Gasteiger partial charge in [-0.15, -0.1) is 0 Å². The molecule has 4 nitrogen and oxygen atoms in total. The van der Waals surface area contributed by atoms with Crippen LogP contribution in [0.1, 0.15) is 33.3 Å². The van der Waals surface area contributed by atoms with Crippen LogP contribution in [0.4, 0.5) is 18.9 Å². The monoisotopic (exact) mass is 330 g/mol. The molecule has 0 atom stereocenters. The molecule has 1 rings (SSSR count). The highest BCUT2D eigenvalue weighted by Gasteiger charge is 2.38. The van der Waals surface area contributed by atoms with Crippen molar-refractivity contribution in [2.75, 3.05) is 18.4 Å². The van der Waals surface area contributed by atoms with Gasteiger partial charge < -0.3 is 10.2 Å². The van der Waals surface area contributed by atoms with E-state index in [0.717, 1.165) is 12.1 Å². The van der Waals surface area contributed by atoms with Crippen molar-refractivity contribution in [3.63, 3.8) is 0 Å². The maximum Gasteiger partial charge on any atom is 0.416 e. The highest BCUT2D eigenvalue weighted by atomic mass is 19.4. The van der Waals surface area contributed by atoms with Crippen molar-refractivity contribution >= 4 is 17.5 Å². The summed E-state index contributed by atoms with van der Waals surface area (Å²) >= 11 is 0. The van der Waals surface area contributed by atoms with Gasteiger partial charge in [0.25, 0.3) is 0 Å². The Morgan fingerprint density at radius 1 is 1.04 bits per heavy atom. The predicted molar refractivity (Wildman–Crippen MR) is 81.8 cm³/mol. The number of alkyl halides is 3. The summed E-state index contributed by atoms with van der Waals surface area (Å²) in [6, 6.07) is 4.10. The molecule has 1 aromatic carbocycles. The van der Waals surface area contributed by atoms with Crippen LogP contribution >= 0.6 is 0 Å². The highest BCUT2D eigenvalue weighted by molar-refractivity contribution is 6.09. The van der Waals surface area contributed by atoms with Gasteiger partial charge in [0.05, 0.1) is 5.56 Å². The summed E-state index contributed by atoms with van der Waals surface area (Å²) in [7, 11) is 0. The van der Waals surface area contributed by atoms with Crippen molar-refractivity contribution in [1.29, 1.82) is 0 Å². The molecule has 0 radical (unpaired) electrons. The average Bonchev–Trinajstić information content (AvgIpc) is 2.47. The molecular formula is C16H21F3N2O2. The number of amides is 2. The Balaban J connectivity index is 2.88. The predicted octanol–water partition coefficient (Wildman–Crippen LogP) is 3.54. The molecule has 2 amide bonds. The first-order chi connectivity index (χ1) is 10.5. The van der Waals surface area contributed by atoms with E-state index < -0.39 is 23.1 Å². The minimum absolute atomic E-state index is 0.212. The molecule has 1 N–H and O–H groups in total. The van der Waals surface area contributed by atoms with Crippen molar-refractivity contribution in [2.24, 2.45) is 5.41 Å². The Morgan fingerprint density at radius 2 is 1.52 bits per heavy atom. The Hall–Kier alpha value is -2.05. The lowest BCUT2D eigenvalue weighted by atomic mass is 9.90. The number of nitrogens with one attached hydrogen (secondary N) is 1. The number of hydrogen-bond donors (Lipinski definition) is 1. The van der Waals surface area contributed by atoms with Gasteiger partial charge in [0, 0.05) is 18.8 Å². The van der Waals surface area contributed by atoms with Crippen LogP contribution in [0.2, 0.25) is 0 Å². The minimum Gasteiger partial charge on any atom is -0.342 e. The maximum absolute atomic E-state index is 12.5. The van der Waals surface area contributed by atoms with E-state index >= 15 is 0 Å². The van der Waals surface area contributed by atoms with Crippen LogP contribution in [0.5, 0.6) is 0 Å². The molecule has 0 fully saturated rings. The van der Waals surface area contributed by atoms with E-state index in [1.54, 1.807) is 0 Å². The number of halogens is 3. The van der Waals surface area contributed by atoms with Crippen molar-refractivity contribution in [2.45, 2.75) is 33.9 Å². The van der Waals surface area contributed by atoms with Gasteiger partial charge in [-0.2, -0.15) is 13.2 Å². The van der Waals surface area contributed by atoms with Crippen LogP contribution in [-0.2, 0) is 15.8 Å². The van der Waals surface area contributed by atoms with Gasteiger partial charge in [-0.3, -0.25) is 9.59 Å². The lowest BCUT2D eigenvalue weighted by Gasteiger charge is -2.29. The Kier molecular flexibility index (Phi) is 5.80. The van der Waals surface area contributed by atoms with Gasteiger partial charge in [0.2, 0.25) is 11.8 Å². The van der Waals surface area contributed by atoms with Crippen molar-refractivity contribution in [1.82, 2.24) is 4.90 Å². The zero-order valence-corrected chi connectivity index (χ0v) is 13.6. The third kappa shape index (κ3) is 4.46. The second kappa shape index (κ2) is 7.02. The van der Waals surface area contributed by atoms with E-state index in [2.05, 4.69) is 5.32 Å². The summed E-state index contributed by atoms with van der Waals surface area (Å²) in [6.45, 7) is 7.56. The summed E-state index contributed by atoms with van der Waals surface area (Å²) < 4.78 is 37.5. The molecule has 0 aliphatic rings. The zero-order chi connectivity index (χ0) is 17.8. The summed E-state index contributed by atoms with van der Waals surface area (Å²) in [5.41, 5.74) is -1.90. The minimum atomic E-state index is -4.43. The number of anilines is 1. The van der Waals surface area contributed by atoms with E-state index in [9.17, 15) is 22.8 Å². The fourth-order valence-electron chi connectivity index (χ4n) is 2.03. The van der Waals surface area contributed by atoms with Crippen molar-refractivity contribution in [3.8, 4) is 0 Å². The summed E-state index contributed by atoms with van der Waals surface area (Å²) in [5, 5.41) is 2.49. The zero-order valence-electron chi connectivity index (χ0n) is 13.6. The van der Waals surface area contributed by atoms with E-state index in [-0.39, 0.29) is 11.6 Å². The Bertz CT molecular complexity index is 562. The number of carbonyl (C=O) groups is 2. The molecule has 1 aromatic rings. The molecule has 0 unspecified atom stereocenters. The maximum atomic E-state index is 12.5. The van der Waals surface area contributed by atoms with Gasteiger partial charge in [-0.1, -0.05) is 0 Å². The Morgan fingerprint density at radius 3 is 1.91 bits per heavy atom. The van der Waals surface area contributed by atoms with Crippen molar-refractivity contribution in [3.05, 3.63) is 29.8 Å². The molecule has 7 heteroatoms. The summed E-state index contributed by atoms with van der Waals surface area (Å²) in [4.78, 5) is 26.2. The number of nitrogens with zero attached hydrogens (tertiary/aromatic N) is 1. The topological polar surface area (TPSA) is 49.4 Å². The molecule has 128 valence electrons. The van der Waals surface area contributed by atoms with E-state index in [1.807, 2.05) is 13.8 Å². The molecule has 0 bridgehead atoms. The van der Waals surface area contributed by atoms with Crippen LogP contribution in [-0.4, -0.2) is 29.8 Å². The number of rotatable bonds is 5. The molecule has 0 spiro atoms. The normalized spacial score (nSPS) is 12.0. The highest BCUT2D eigenvalue weighted by Crippen LogP contribution is 2.30. The van der Waals surface area contributed by atoms with E-state index in [1.165, 1.54) is 30.9 Å². The van der Waals surface area contributed by atoms with E-state index in [0.29, 0.717) is 13.1 Å². The van der Waals surface area contributed by atoms with Gasteiger partial charge in [0.15, 0.2) is 0 Å². The molecule has 0 heterocycles. The number of hydrogen-bond acceptors (Lipinski definition) is 2. The van der Waals surface area contributed by atoms with Gasteiger partial charge in [-0.25, -0.2) is 0 Å². The smallest absolute Gasteiger partial charge is 0.342 e. The fraction of sp³-hybridized carbons (Fsp3) is 0.500. The quantitative estimate of drug-likeness (QED) is 0.840. The SMILES string of the molecule is CCN(CC)C(=O)C(C)(C)C(=O)Nc1ccc(C(F)(F)F)cc1. The standard InChI is InChI=1S/C16H21F3N2O2/c1-5-21(6-2)14(23)15(3,4)13(22)20-12-9-7-11(8-10-12)16(17,18)19/h7-10H,5-6H2,1-4H3,(H,20,22). The third-order valence-electron chi connectivity index (χ3n) is 3.62. The van der Waals surface area contributed by atoms with Gasteiger partial charge in [-0.05, 0) is 52.0 Å². The molecule has 0 aliphatic carbocycles. The molecule has 0 aliphatic heterocycles. The van der Waals surface area contributed by atoms with Crippen LogP contribution in [0.15, 0.2) is 24.3 Å². The average molecular weight is 330 g/mol. The number of benzene rings is 1. The second-order valence-electron chi connectivity index (χ2n) is 5.63. The van der Waals surface area contributed by atoms with Crippen LogP contribution in [0.3, 0.4) is 0 Å². The molecule has 0 saturated carbocycles. The lowest BCUT2D eigenvalue weighted by molar-refractivity contribution is -0.146. The molecule has 23 heavy (non-hydrogen) atoms. The Labute approximate surface area is 133 Å². The van der Waals surface area contributed by atoms with Crippen molar-refractivity contribution < 1.29 is 22.8 Å². The second-order valence-corrected chi connectivity index (χ2v) is 5.63. The number of carbonyl (C=O) groups excluding carboxylic acids is 2. The molecule has 0 saturated heterocycles. The van der Waals surface area contributed by atoms with Gasteiger partial charge in [0.1, 0.15) is 5.41 Å². The molecule has 0 aromatic heterocycles. The van der Waals surface area contributed by atoms with Crippen LogP contribution < -0.4 is 5.32 Å². The first-order valence-electron chi connectivity index (χ1n) is 7.32. The lowest BCUT2D eigenvalue weighted by Crippen LogP contribution is -2.47. The third-order valence-corrected chi connectivity index (χ3v) is 3.62. The van der Waals surface area contributed by atoms with Gasteiger partial charge >= 0.3 is 6.18 Å². The first-order valence-corrected chi connectivity index (χ1v) is 7.32. The largest absolute Gasteiger partial charge is 0.416 e.